The van der Waals surface area contributed by atoms with Crippen LogP contribution in [0.1, 0.15) is 25.3 Å². The summed E-state index contributed by atoms with van der Waals surface area (Å²) in [5, 5.41) is 3.34. The number of amides is 1. The maximum atomic E-state index is 12.1. The van der Waals surface area contributed by atoms with Crippen molar-refractivity contribution in [3.8, 4) is 0 Å². The first kappa shape index (κ1) is 13.3. The lowest BCUT2D eigenvalue weighted by Gasteiger charge is -2.16. The minimum absolute atomic E-state index is 0.00266. The normalized spacial score (nSPS) is 23.1. The van der Waals surface area contributed by atoms with Crippen LogP contribution in [0.5, 0.6) is 0 Å². The number of hydrogen-bond acceptors (Lipinski definition) is 3. The smallest absolute Gasteiger partial charge is 0.230 e. The van der Waals surface area contributed by atoms with Crippen LogP contribution < -0.4 is 5.32 Å². The molecule has 0 radical (unpaired) electrons. The van der Waals surface area contributed by atoms with Gasteiger partial charge in [-0.2, -0.15) is 0 Å². The number of halogens is 1. The van der Waals surface area contributed by atoms with E-state index >= 15 is 0 Å². The average molecular weight is 269 g/mol. The first-order chi connectivity index (χ1) is 8.61. The van der Waals surface area contributed by atoms with Crippen molar-refractivity contribution in [3.63, 3.8) is 0 Å². The minimum Gasteiger partial charge on any atom is -0.377 e. The predicted octanol–water partition coefficient (Wildman–Crippen LogP) is 2.80. The molecule has 1 amide bonds. The number of nitrogens with zero attached hydrogens (tertiary/aromatic N) is 1. The molecule has 0 bridgehead atoms. The topological polar surface area (TPSA) is 51.2 Å². The maximum Gasteiger partial charge on any atom is 0.230 e. The summed E-state index contributed by atoms with van der Waals surface area (Å²) in [6, 6.07) is 1.82. The predicted molar refractivity (Wildman–Crippen MR) is 70.8 cm³/mol. The Kier molecular flexibility index (Phi) is 4.19. The highest BCUT2D eigenvalue weighted by molar-refractivity contribution is 6.30. The molecule has 0 aliphatic carbocycles. The van der Waals surface area contributed by atoms with Gasteiger partial charge in [0.25, 0.3) is 0 Å². The Bertz CT molecular complexity index is 451. The van der Waals surface area contributed by atoms with E-state index in [1.54, 1.807) is 6.20 Å². The molecular formula is C13H17ClN2O2. The zero-order valence-corrected chi connectivity index (χ0v) is 11.3. The fourth-order valence-corrected chi connectivity index (χ4v) is 2.32. The second kappa shape index (κ2) is 5.67. The largest absolute Gasteiger partial charge is 0.377 e. The third-order valence-electron chi connectivity index (χ3n) is 3.23. The Labute approximate surface area is 112 Å². The zero-order chi connectivity index (χ0) is 13.1. The third kappa shape index (κ3) is 2.82. The average Bonchev–Trinajstić information content (AvgIpc) is 2.82. The molecule has 1 fully saturated rings. The minimum atomic E-state index is -0.0639. The number of nitrogens with one attached hydrogen (secondary N) is 1. The monoisotopic (exact) mass is 268 g/mol. The fraction of sp³-hybridized carbons (Fsp3) is 0.538. The molecule has 1 aliphatic heterocycles. The SMILES string of the molecule is CCC1OCCC1C(=O)Nc1cnc(Cl)c(C)c1. The third-order valence-corrected chi connectivity index (χ3v) is 3.63. The molecule has 0 aromatic carbocycles. The summed E-state index contributed by atoms with van der Waals surface area (Å²) < 4.78 is 5.52. The summed E-state index contributed by atoms with van der Waals surface area (Å²) in [5.41, 5.74) is 1.54. The van der Waals surface area contributed by atoms with Crippen molar-refractivity contribution in [2.45, 2.75) is 32.8 Å². The Morgan fingerprint density at radius 3 is 3.11 bits per heavy atom. The molecule has 2 unspecified atom stereocenters. The number of anilines is 1. The highest BCUT2D eigenvalue weighted by Crippen LogP contribution is 2.25. The van der Waals surface area contributed by atoms with Crippen molar-refractivity contribution in [2.75, 3.05) is 11.9 Å². The number of hydrogen-bond donors (Lipinski definition) is 1. The van der Waals surface area contributed by atoms with Gasteiger partial charge in [0.15, 0.2) is 0 Å². The summed E-state index contributed by atoms with van der Waals surface area (Å²) in [7, 11) is 0. The van der Waals surface area contributed by atoms with Crippen LogP contribution in [0.3, 0.4) is 0 Å². The molecule has 1 aromatic heterocycles. The summed E-state index contributed by atoms with van der Waals surface area (Å²) >= 11 is 5.85. The van der Waals surface area contributed by atoms with E-state index < -0.39 is 0 Å². The number of carbonyl (C=O) groups is 1. The van der Waals surface area contributed by atoms with Gasteiger partial charge < -0.3 is 10.1 Å². The van der Waals surface area contributed by atoms with E-state index in [2.05, 4.69) is 10.3 Å². The van der Waals surface area contributed by atoms with Crippen molar-refractivity contribution in [1.82, 2.24) is 4.98 Å². The van der Waals surface area contributed by atoms with E-state index in [4.69, 9.17) is 16.3 Å². The first-order valence-electron chi connectivity index (χ1n) is 6.16. The zero-order valence-electron chi connectivity index (χ0n) is 10.6. The van der Waals surface area contributed by atoms with E-state index in [1.807, 2.05) is 19.9 Å². The van der Waals surface area contributed by atoms with Crippen LogP contribution in [0.25, 0.3) is 0 Å². The molecule has 18 heavy (non-hydrogen) atoms. The molecule has 2 heterocycles. The second-order valence-electron chi connectivity index (χ2n) is 4.53. The maximum absolute atomic E-state index is 12.1. The molecule has 1 aromatic rings. The molecule has 1 saturated heterocycles. The van der Waals surface area contributed by atoms with Crippen LogP contribution in [0.2, 0.25) is 5.15 Å². The Morgan fingerprint density at radius 2 is 2.44 bits per heavy atom. The molecule has 5 heteroatoms. The van der Waals surface area contributed by atoms with E-state index in [-0.39, 0.29) is 17.9 Å². The number of ether oxygens (including phenoxy) is 1. The Morgan fingerprint density at radius 1 is 1.67 bits per heavy atom. The summed E-state index contributed by atoms with van der Waals surface area (Å²) in [6.07, 6.45) is 3.25. The molecule has 2 rings (SSSR count). The van der Waals surface area contributed by atoms with E-state index in [0.717, 1.165) is 18.4 Å². The van der Waals surface area contributed by atoms with Crippen LogP contribution >= 0.6 is 11.6 Å². The van der Waals surface area contributed by atoms with E-state index in [9.17, 15) is 4.79 Å². The van der Waals surface area contributed by atoms with Crippen LogP contribution in [0, 0.1) is 12.8 Å². The molecule has 0 saturated carbocycles. The van der Waals surface area contributed by atoms with Crippen LogP contribution in [-0.4, -0.2) is 23.6 Å². The van der Waals surface area contributed by atoms with Gasteiger partial charge >= 0.3 is 0 Å². The molecule has 2 atom stereocenters. The lowest BCUT2D eigenvalue weighted by atomic mass is 9.98. The highest BCUT2D eigenvalue weighted by Gasteiger charge is 2.32. The Hall–Kier alpha value is -1.13. The van der Waals surface area contributed by atoms with Crippen molar-refractivity contribution in [2.24, 2.45) is 5.92 Å². The van der Waals surface area contributed by atoms with E-state index in [0.29, 0.717) is 17.4 Å². The van der Waals surface area contributed by atoms with Gasteiger partial charge in [0, 0.05) is 6.61 Å². The number of aryl methyl sites for hydroxylation is 1. The fourth-order valence-electron chi connectivity index (χ4n) is 2.21. The van der Waals surface area contributed by atoms with Crippen LogP contribution in [0.15, 0.2) is 12.3 Å². The van der Waals surface area contributed by atoms with Crippen LogP contribution in [0.4, 0.5) is 5.69 Å². The first-order valence-corrected chi connectivity index (χ1v) is 6.54. The van der Waals surface area contributed by atoms with Crippen molar-refractivity contribution >= 4 is 23.2 Å². The molecule has 1 N–H and O–H groups in total. The van der Waals surface area contributed by atoms with Gasteiger partial charge in [0.05, 0.1) is 23.9 Å². The molecule has 4 nitrogen and oxygen atoms in total. The number of carbonyl (C=O) groups excluding carboxylic acids is 1. The lowest BCUT2D eigenvalue weighted by molar-refractivity contribution is -0.121. The summed E-state index contributed by atoms with van der Waals surface area (Å²) in [6.45, 7) is 4.55. The van der Waals surface area contributed by atoms with Gasteiger partial charge in [-0.25, -0.2) is 4.98 Å². The number of aromatic nitrogens is 1. The standard InChI is InChI=1S/C13H17ClN2O2/c1-3-11-10(4-5-18-11)13(17)16-9-6-8(2)12(14)15-7-9/h6-7,10-11H,3-5H2,1-2H3,(H,16,17). The van der Waals surface area contributed by atoms with Crippen molar-refractivity contribution in [1.29, 1.82) is 0 Å². The van der Waals surface area contributed by atoms with Gasteiger partial charge in [-0.1, -0.05) is 18.5 Å². The summed E-state index contributed by atoms with van der Waals surface area (Å²) in [4.78, 5) is 16.1. The van der Waals surface area contributed by atoms with Crippen molar-refractivity contribution < 1.29 is 9.53 Å². The summed E-state index contributed by atoms with van der Waals surface area (Å²) in [5.74, 6) is -0.0612. The van der Waals surface area contributed by atoms with Gasteiger partial charge in [-0.3, -0.25) is 4.79 Å². The van der Waals surface area contributed by atoms with Gasteiger partial charge in [-0.15, -0.1) is 0 Å². The van der Waals surface area contributed by atoms with Gasteiger partial charge in [0.1, 0.15) is 5.15 Å². The highest BCUT2D eigenvalue weighted by atomic mass is 35.5. The van der Waals surface area contributed by atoms with E-state index in [1.165, 1.54) is 0 Å². The van der Waals surface area contributed by atoms with Gasteiger partial charge in [-0.05, 0) is 31.4 Å². The molecule has 98 valence electrons. The lowest BCUT2D eigenvalue weighted by Crippen LogP contribution is -2.29. The number of rotatable bonds is 3. The van der Waals surface area contributed by atoms with Crippen LogP contribution in [-0.2, 0) is 9.53 Å². The number of pyridine rings is 1. The molecular weight excluding hydrogens is 252 g/mol. The second-order valence-corrected chi connectivity index (χ2v) is 4.89. The molecule has 1 aliphatic rings. The Balaban J connectivity index is 2.04. The van der Waals surface area contributed by atoms with Crippen molar-refractivity contribution in [3.05, 3.63) is 23.0 Å². The van der Waals surface area contributed by atoms with Gasteiger partial charge in [0.2, 0.25) is 5.91 Å². The molecule has 0 spiro atoms. The quantitative estimate of drug-likeness (QED) is 0.858.